The Labute approximate surface area is 203 Å². The molecular weight excluding hydrogens is 430 g/mol. The molecule has 0 amide bonds. The lowest BCUT2D eigenvalue weighted by atomic mass is 9.98. The Morgan fingerprint density at radius 3 is 1.77 bits per heavy atom. The summed E-state index contributed by atoms with van der Waals surface area (Å²) < 4.78 is 0. The molecule has 5 nitrogen and oxygen atoms in total. The summed E-state index contributed by atoms with van der Waals surface area (Å²) in [5.41, 5.74) is 13.1. The molecule has 2 aromatic heterocycles. The van der Waals surface area contributed by atoms with Gasteiger partial charge in [0.05, 0.1) is 22.5 Å². The molecule has 0 spiro atoms. The molecule has 1 aliphatic rings. The van der Waals surface area contributed by atoms with Crippen LogP contribution in [0.15, 0.2) is 116 Å². The molecule has 168 valence electrons. The van der Waals surface area contributed by atoms with E-state index < -0.39 is 0 Å². The number of anilines is 1. The van der Waals surface area contributed by atoms with E-state index in [0.29, 0.717) is 0 Å². The molecule has 0 unspecified atom stereocenters. The molecule has 2 heterocycles. The predicted octanol–water partition coefficient (Wildman–Crippen LogP) is 6.71. The third kappa shape index (κ3) is 4.89. The van der Waals surface area contributed by atoms with Crippen molar-refractivity contribution >= 4 is 44.5 Å². The predicted molar refractivity (Wildman–Crippen MR) is 146 cm³/mol. The quantitative estimate of drug-likeness (QED) is 0.204. The first-order valence-electron chi connectivity index (χ1n) is 11.2. The average molecular weight is 454 g/mol. The summed E-state index contributed by atoms with van der Waals surface area (Å²) in [5.74, 6) is 0. The summed E-state index contributed by atoms with van der Waals surface area (Å²) in [7, 11) is 0. The fraction of sp³-hybridized carbons (Fsp3) is 0. The lowest BCUT2D eigenvalue weighted by Crippen LogP contribution is -2.09. The van der Waals surface area contributed by atoms with Crippen molar-refractivity contribution in [3.63, 3.8) is 0 Å². The second-order valence-corrected chi connectivity index (χ2v) is 8.22. The van der Waals surface area contributed by atoms with E-state index >= 15 is 0 Å². The molecule has 4 N–H and O–H groups in total. The number of hydrogen-bond donors (Lipinski definition) is 3. The number of fused-ring (bicyclic) bond motifs is 2. The van der Waals surface area contributed by atoms with Crippen LogP contribution in [0.3, 0.4) is 0 Å². The van der Waals surface area contributed by atoms with Crippen LogP contribution >= 0.6 is 0 Å². The minimum Gasteiger partial charge on any atom is -0.399 e. The number of allylic oxidation sites excluding steroid dienone is 4. The highest BCUT2D eigenvalue weighted by Gasteiger charge is 2.09. The number of nitrogens with two attached hydrogens (primary N) is 1. The van der Waals surface area contributed by atoms with Gasteiger partial charge in [-0.05, 0) is 59.7 Å². The highest BCUT2D eigenvalue weighted by atomic mass is 14.7. The Balaban J connectivity index is 0.000000145. The molecular formula is C30H23N5. The van der Waals surface area contributed by atoms with Crippen LogP contribution in [0.5, 0.6) is 0 Å². The summed E-state index contributed by atoms with van der Waals surface area (Å²) in [5, 5.41) is 17.4. The van der Waals surface area contributed by atoms with Gasteiger partial charge in [-0.1, -0.05) is 54.6 Å². The van der Waals surface area contributed by atoms with Crippen molar-refractivity contribution in [1.29, 1.82) is 10.8 Å². The molecule has 0 saturated heterocycles. The smallest absolute Gasteiger partial charge is 0.0795 e. The van der Waals surface area contributed by atoms with Crippen LogP contribution in [0.1, 0.15) is 5.56 Å². The minimum absolute atomic E-state index is 0.237. The fourth-order valence-corrected chi connectivity index (χ4v) is 3.86. The van der Waals surface area contributed by atoms with E-state index in [1.54, 1.807) is 18.3 Å². The van der Waals surface area contributed by atoms with Crippen molar-refractivity contribution < 1.29 is 0 Å². The second kappa shape index (κ2) is 9.53. The van der Waals surface area contributed by atoms with Crippen LogP contribution in [0, 0.1) is 10.8 Å². The first kappa shape index (κ1) is 21.9. The van der Waals surface area contributed by atoms with Crippen LogP contribution in [0.25, 0.3) is 38.5 Å². The molecule has 0 radical (unpaired) electrons. The van der Waals surface area contributed by atoms with Gasteiger partial charge in [-0.15, -0.1) is 0 Å². The van der Waals surface area contributed by atoms with Gasteiger partial charge >= 0.3 is 0 Å². The monoisotopic (exact) mass is 453 g/mol. The van der Waals surface area contributed by atoms with E-state index in [9.17, 15) is 0 Å². The number of pyridine rings is 2. The first-order valence-corrected chi connectivity index (χ1v) is 11.2. The lowest BCUT2D eigenvalue weighted by molar-refractivity contribution is 1.39. The molecule has 0 atom stereocenters. The maximum absolute atomic E-state index is 7.66. The number of aromatic nitrogens is 2. The van der Waals surface area contributed by atoms with Crippen LogP contribution in [-0.4, -0.2) is 21.4 Å². The number of nitrogens with zero attached hydrogens (tertiary/aromatic N) is 2. The van der Waals surface area contributed by atoms with E-state index in [4.69, 9.17) is 16.6 Å². The van der Waals surface area contributed by atoms with E-state index in [2.05, 4.69) is 28.2 Å². The summed E-state index contributed by atoms with van der Waals surface area (Å²) in [6.45, 7) is 0. The highest BCUT2D eigenvalue weighted by molar-refractivity contribution is 6.50. The molecule has 5 aromatic rings. The van der Waals surface area contributed by atoms with Gasteiger partial charge in [0.2, 0.25) is 0 Å². The van der Waals surface area contributed by atoms with Crippen molar-refractivity contribution in [2.45, 2.75) is 0 Å². The number of nitrogens with one attached hydrogen (secondary N) is 2. The van der Waals surface area contributed by atoms with Crippen LogP contribution in [0.4, 0.5) is 5.69 Å². The zero-order valence-electron chi connectivity index (χ0n) is 18.9. The topological polar surface area (TPSA) is 99.5 Å². The first-order chi connectivity index (χ1) is 17.1. The van der Waals surface area contributed by atoms with E-state index in [1.807, 2.05) is 79.0 Å². The second-order valence-electron chi connectivity index (χ2n) is 8.22. The maximum atomic E-state index is 7.66. The van der Waals surface area contributed by atoms with Crippen LogP contribution in [-0.2, 0) is 0 Å². The molecule has 0 aliphatic heterocycles. The standard InChI is InChI=1S/C15H11N3.C15H12N2/c16-13-6-5-10(8-14(13)17)12-7-11-3-1-2-4-15(11)18-9-12;16-14-7-5-11(6-8-14)13-9-12-3-1-2-4-15(12)17-10-13/h1-9,16-17H;1-10H,16H2. The van der Waals surface area contributed by atoms with Crippen LogP contribution in [0.2, 0.25) is 0 Å². The molecule has 5 heteroatoms. The molecule has 6 rings (SSSR count). The normalized spacial score (nSPS) is 12.9. The van der Waals surface area contributed by atoms with Crippen molar-refractivity contribution in [2.75, 3.05) is 5.73 Å². The van der Waals surface area contributed by atoms with Gasteiger partial charge in [-0.2, -0.15) is 0 Å². The van der Waals surface area contributed by atoms with Gasteiger partial charge in [0.15, 0.2) is 0 Å². The van der Waals surface area contributed by atoms with Gasteiger partial charge in [-0.25, -0.2) is 0 Å². The molecule has 35 heavy (non-hydrogen) atoms. The van der Waals surface area contributed by atoms with Gasteiger partial charge in [0, 0.05) is 40.0 Å². The summed E-state index contributed by atoms with van der Waals surface area (Å²) >= 11 is 0. The average Bonchev–Trinajstić information content (AvgIpc) is 2.90. The Bertz CT molecular complexity index is 1630. The van der Waals surface area contributed by atoms with Crippen molar-refractivity contribution in [1.82, 2.24) is 9.97 Å². The van der Waals surface area contributed by atoms with Crippen LogP contribution < -0.4 is 5.73 Å². The van der Waals surface area contributed by atoms with Gasteiger partial charge in [-0.3, -0.25) is 20.8 Å². The number of benzene rings is 3. The summed E-state index contributed by atoms with van der Waals surface area (Å²) in [6, 6.07) is 28.1. The van der Waals surface area contributed by atoms with Crippen molar-refractivity contribution in [3.8, 4) is 11.1 Å². The number of hydrogen-bond acceptors (Lipinski definition) is 5. The molecule has 1 aliphatic carbocycles. The minimum atomic E-state index is 0.237. The zero-order valence-corrected chi connectivity index (χ0v) is 18.9. The Kier molecular flexibility index (Phi) is 5.97. The van der Waals surface area contributed by atoms with Crippen molar-refractivity contribution in [3.05, 3.63) is 121 Å². The third-order valence-corrected chi connectivity index (χ3v) is 5.78. The molecule has 0 bridgehead atoms. The Morgan fingerprint density at radius 2 is 1.14 bits per heavy atom. The summed E-state index contributed by atoms with van der Waals surface area (Å²) in [4.78, 5) is 8.85. The number of rotatable bonds is 2. The van der Waals surface area contributed by atoms with Gasteiger partial charge < -0.3 is 5.73 Å². The van der Waals surface area contributed by atoms with Gasteiger partial charge in [0.25, 0.3) is 0 Å². The van der Waals surface area contributed by atoms with E-state index in [-0.39, 0.29) is 11.4 Å². The maximum Gasteiger partial charge on any atom is 0.0795 e. The fourth-order valence-electron chi connectivity index (χ4n) is 3.86. The van der Waals surface area contributed by atoms with Gasteiger partial charge in [0.1, 0.15) is 0 Å². The summed E-state index contributed by atoms with van der Waals surface area (Å²) in [6.07, 6.45) is 8.90. The largest absolute Gasteiger partial charge is 0.399 e. The molecule has 0 saturated carbocycles. The molecule has 0 fully saturated rings. The molecule has 3 aromatic carbocycles. The Morgan fingerprint density at radius 1 is 0.571 bits per heavy atom. The third-order valence-electron chi connectivity index (χ3n) is 5.78. The van der Waals surface area contributed by atoms with E-state index in [1.165, 1.54) is 0 Å². The zero-order chi connectivity index (χ0) is 24.2. The highest BCUT2D eigenvalue weighted by Crippen LogP contribution is 2.24. The SMILES string of the molecule is N=C1C=CC(c2cnc3ccccc3c2)=CC1=N.Nc1ccc(-c2cnc3ccccc3c2)cc1. The lowest BCUT2D eigenvalue weighted by Gasteiger charge is -2.09. The number of para-hydroxylation sites is 2. The van der Waals surface area contributed by atoms with Crippen molar-refractivity contribution in [2.24, 2.45) is 0 Å². The van der Waals surface area contributed by atoms with E-state index in [0.717, 1.165) is 49.8 Å². The Hall–Kier alpha value is -4.90. The number of nitrogen functional groups attached to an aromatic ring is 1.